The first-order chi connectivity index (χ1) is 9.91. The van der Waals surface area contributed by atoms with Crippen LogP contribution in [-0.2, 0) is 16.5 Å². The van der Waals surface area contributed by atoms with Crippen molar-refractivity contribution >= 4 is 50.3 Å². The summed E-state index contributed by atoms with van der Waals surface area (Å²) in [4.78, 5) is 0. The number of unbranched alkanes of at least 4 members (excludes halogenated alkanes) is 8. The van der Waals surface area contributed by atoms with Gasteiger partial charge >= 0.3 is 0 Å². The van der Waals surface area contributed by atoms with Crippen LogP contribution in [0.25, 0.3) is 0 Å². The van der Waals surface area contributed by atoms with Gasteiger partial charge in [0.1, 0.15) is 20.2 Å². The lowest BCUT2D eigenvalue weighted by atomic mass is 10.1. The summed E-state index contributed by atoms with van der Waals surface area (Å²) in [6, 6.07) is 1.33. The molecule has 0 rings (SSSR count). The van der Waals surface area contributed by atoms with Crippen LogP contribution < -0.4 is 0 Å². The summed E-state index contributed by atoms with van der Waals surface area (Å²) in [5, 5.41) is 0. The van der Waals surface area contributed by atoms with Gasteiger partial charge in [0.2, 0.25) is 0 Å². The van der Waals surface area contributed by atoms with Gasteiger partial charge in [0.15, 0.2) is 0 Å². The normalized spacial score (nSPS) is 13.7. The van der Waals surface area contributed by atoms with Gasteiger partial charge in [-0.1, -0.05) is 64.7 Å². The minimum Gasteiger partial charge on any atom is -0.449 e. The van der Waals surface area contributed by atoms with Crippen molar-refractivity contribution in [1.29, 1.82) is 0 Å². The Morgan fingerprint density at radius 1 is 0.700 bits per heavy atom. The zero-order valence-corrected chi connectivity index (χ0v) is 21.2. The predicted molar refractivity (Wildman–Crippen MR) is 100 cm³/mol. The third-order valence-electron chi connectivity index (χ3n) is 3.18. The smallest absolute Gasteiger partial charge is 0.286 e. The van der Waals surface area contributed by atoms with Crippen LogP contribution in [0.2, 0.25) is 6.04 Å². The van der Waals surface area contributed by atoms with Gasteiger partial charge in [-0.25, -0.2) is 0 Å². The maximum absolute atomic E-state index is 5.68. The Labute approximate surface area is 137 Å². The number of hydrogen-bond donors (Lipinski definition) is 0. The highest BCUT2D eigenvalue weighted by Crippen LogP contribution is 2.10. The third kappa shape index (κ3) is 18.9. The summed E-state index contributed by atoms with van der Waals surface area (Å²) in [6.45, 7) is 2.28. The van der Waals surface area contributed by atoms with E-state index in [4.69, 9.17) is 16.5 Å². The van der Waals surface area contributed by atoms with Gasteiger partial charge in [-0.15, -0.1) is 0 Å². The molecule has 0 N–H and O–H groups in total. The molecule has 0 bridgehead atoms. The van der Waals surface area contributed by atoms with Gasteiger partial charge in [-0.3, -0.25) is 0 Å². The molecule has 0 aliphatic heterocycles. The van der Waals surface area contributed by atoms with Gasteiger partial charge in [0.05, 0.1) is 0 Å². The lowest BCUT2D eigenvalue weighted by Crippen LogP contribution is -2.15. The zero-order chi connectivity index (χ0) is 14.7. The second-order valence-corrected chi connectivity index (χ2v) is 14.2. The first kappa shape index (κ1) is 20.9. The molecule has 0 unspecified atom stereocenters. The Kier molecular flexibility index (Phi) is 20.8. The third-order valence-corrected chi connectivity index (χ3v) is 9.40. The monoisotopic (exact) mass is 370 g/mol. The van der Waals surface area contributed by atoms with Crippen molar-refractivity contribution in [3.8, 4) is 0 Å². The highest BCUT2D eigenvalue weighted by molar-refractivity contribution is 6.46. The minimum absolute atomic E-state index is 0.289. The molecule has 0 amide bonds. The highest BCUT2D eigenvalue weighted by Gasteiger charge is 1.95. The fourth-order valence-corrected chi connectivity index (χ4v) is 9.64. The topological polar surface area (TPSA) is 36.9 Å². The van der Waals surface area contributed by atoms with Crippen molar-refractivity contribution in [3.05, 3.63) is 0 Å². The van der Waals surface area contributed by atoms with Crippen molar-refractivity contribution in [2.45, 2.75) is 70.8 Å². The van der Waals surface area contributed by atoms with E-state index in [9.17, 15) is 0 Å². The number of rotatable bonds is 17. The molecule has 0 spiro atoms. The molecule has 20 heavy (non-hydrogen) atoms. The molecular formula is C11H34O4Si5. The largest absolute Gasteiger partial charge is 0.449 e. The molecule has 9 heteroatoms. The van der Waals surface area contributed by atoms with E-state index < -0.39 is 30.0 Å². The van der Waals surface area contributed by atoms with Crippen LogP contribution >= 0.6 is 0 Å². The summed E-state index contributed by atoms with van der Waals surface area (Å²) >= 11 is 0. The Hall–Kier alpha value is 0.924. The summed E-state index contributed by atoms with van der Waals surface area (Å²) < 4.78 is 21.5. The number of hydrogen-bond acceptors (Lipinski definition) is 4. The van der Waals surface area contributed by atoms with E-state index in [1.165, 1.54) is 63.8 Å². The molecule has 0 saturated carbocycles. The van der Waals surface area contributed by atoms with Crippen molar-refractivity contribution in [1.82, 2.24) is 0 Å². The summed E-state index contributed by atoms with van der Waals surface area (Å²) in [6.07, 6.45) is 12.7. The first-order valence-electron chi connectivity index (χ1n) is 8.14. The van der Waals surface area contributed by atoms with Crippen LogP contribution in [0.5, 0.6) is 0 Å². The van der Waals surface area contributed by atoms with E-state index in [0.29, 0.717) is 0 Å². The van der Waals surface area contributed by atoms with Gasteiger partial charge in [0.25, 0.3) is 30.0 Å². The molecule has 4 nitrogen and oxygen atoms in total. The lowest BCUT2D eigenvalue weighted by molar-refractivity contribution is 0.406. The molecule has 0 saturated heterocycles. The van der Waals surface area contributed by atoms with Gasteiger partial charge in [0, 0.05) is 0 Å². The standard InChI is InChI=1S/C11H34O4Si5/c1-2-3-4-5-6-7-8-9-10-11-17-13-19-15-20-14-18-12-16/h2-11,17-20H2,1,16H3. The van der Waals surface area contributed by atoms with Crippen LogP contribution in [0, 0.1) is 0 Å². The van der Waals surface area contributed by atoms with Crippen LogP contribution in [0.1, 0.15) is 64.7 Å². The molecule has 0 aliphatic carbocycles. The van der Waals surface area contributed by atoms with Crippen LogP contribution in [0.4, 0.5) is 0 Å². The molecular weight excluding hydrogens is 337 g/mol. The van der Waals surface area contributed by atoms with E-state index in [0.717, 1.165) is 10.5 Å². The molecule has 0 fully saturated rings. The molecule has 0 atom stereocenters. The Balaban J connectivity index is 2.89. The fourth-order valence-electron chi connectivity index (χ4n) is 2.02. The molecule has 0 aromatic carbocycles. The minimum atomic E-state index is -0.742. The van der Waals surface area contributed by atoms with Gasteiger partial charge < -0.3 is 16.5 Å². The second-order valence-electron chi connectivity index (χ2n) is 5.14. The fraction of sp³-hybridized carbons (Fsp3) is 1.00. The van der Waals surface area contributed by atoms with Gasteiger partial charge in [-0.2, -0.15) is 0 Å². The Morgan fingerprint density at radius 3 is 1.90 bits per heavy atom. The molecule has 0 heterocycles. The maximum Gasteiger partial charge on any atom is 0.286 e. The summed E-state index contributed by atoms with van der Waals surface area (Å²) in [5.41, 5.74) is 0. The van der Waals surface area contributed by atoms with Crippen molar-refractivity contribution in [3.63, 3.8) is 0 Å². The second kappa shape index (κ2) is 19.9. The molecule has 0 radical (unpaired) electrons. The Bertz CT molecular complexity index is 161. The molecule has 0 aromatic rings. The van der Waals surface area contributed by atoms with Crippen LogP contribution in [0.15, 0.2) is 0 Å². The van der Waals surface area contributed by atoms with Crippen molar-refractivity contribution in [2.24, 2.45) is 0 Å². The van der Waals surface area contributed by atoms with Crippen LogP contribution in [-0.4, -0.2) is 50.3 Å². The van der Waals surface area contributed by atoms with E-state index in [1.807, 2.05) is 0 Å². The van der Waals surface area contributed by atoms with Crippen molar-refractivity contribution < 1.29 is 16.5 Å². The molecule has 0 aromatic heterocycles. The maximum atomic E-state index is 5.68. The van der Waals surface area contributed by atoms with Gasteiger partial charge in [-0.05, 0) is 6.04 Å². The zero-order valence-electron chi connectivity index (χ0n) is 13.5. The molecule has 0 aliphatic rings. The van der Waals surface area contributed by atoms with Crippen molar-refractivity contribution in [2.75, 3.05) is 0 Å². The molecule has 122 valence electrons. The predicted octanol–water partition coefficient (Wildman–Crippen LogP) is -0.638. The Morgan fingerprint density at radius 2 is 1.25 bits per heavy atom. The highest BCUT2D eigenvalue weighted by atomic mass is 28.4. The quantitative estimate of drug-likeness (QED) is 0.252. The van der Waals surface area contributed by atoms with E-state index >= 15 is 0 Å². The van der Waals surface area contributed by atoms with E-state index in [1.54, 1.807) is 0 Å². The average Bonchev–Trinajstić information content (AvgIpc) is 2.47. The van der Waals surface area contributed by atoms with Crippen LogP contribution in [0.3, 0.4) is 0 Å². The summed E-state index contributed by atoms with van der Waals surface area (Å²) in [7, 11) is -1.59. The average molecular weight is 371 g/mol. The van der Waals surface area contributed by atoms with E-state index in [2.05, 4.69) is 6.92 Å². The summed E-state index contributed by atoms with van der Waals surface area (Å²) in [5.74, 6) is 0. The van der Waals surface area contributed by atoms with E-state index in [-0.39, 0.29) is 9.76 Å². The first-order valence-corrected chi connectivity index (χ1v) is 14.0. The SMILES string of the molecule is CCCCCCCCCCC[SiH2]O[SiH2]O[SiH2]O[SiH2]O[SiH3]. The lowest BCUT2D eigenvalue weighted by Gasteiger charge is -2.06.